The fraction of sp³-hybridized carbons (Fsp3) is 0.333. The highest BCUT2D eigenvalue weighted by Gasteiger charge is 2.24. The van der Waals surface area contributed by atoms with Crippen LogP contribution < -0.4 is 5.30 Å². The number of benzene rings is 1. The maximum atomic E-state index is 9.72. The minimum atomic E-state index is -1.80. The minimum absolute atomic E-state index is 1.08. The summed E-state index contributed by atoms with van der Waals surface area (Å²) < 4.78 is 0. The lowest BCUT2D eigenvalue weighted by atomic mass is 10.2. The van der Waals surface area contributed by atoms with Gasteiger partial charge in [0, 0.05) is 0 Å². The van der Waals surface area contributed by atoms with Crippen molar-refractivity contribution < 1.29 is 4.89 Å². The van der Waals surface area contributed by atoms with Gasteiger partial charge in [-0.2, -0.15) is 0 Å². The summed E-state index contributed by atoms with van der Waals surface area (Å²) in [5.41, 5.74) is 1.21. The lowest BCUT2D eigenvalue weighted by molar-refractivity contribution is 0.625. The van der Waals surface area contributed by atoms with Gasteiger partial charge in [-0.1, -0.05) is 12.1 Å². The van der Waals surface area contributed by atoms with E-state index in [0.29, 0.717) is 0 Å². The molecule has 1 aromatic carbocycles. The Labute approximate surface area is 68.5 Å². The van der Waals surface area contributed by atoms with Crippen molar-refractivity contribution in [1.82, 2.24) is 0 Å². The SMILES string of the molecule is Cc1cccc([P+](C)(C)O)c1. The van der Waals surface area contributed by atoms with Gasteiger partial charge in [-0.25, -0.2) is 4.89 Å². The molecule has 11 heavy (non-hydrogen) atoms. The van der Waals surface area contributed by atoms with Gasteiger partial charge in [0.25, 0.3) is 0 Å². The van der Waals surface area contributed by atoms with Gasteiger partial charge in [-0.05, 0) is 24.6 Å². The van der Waals surface area contributed by atoms with Crippen LogP contribution in [0.1, 0.15) is 5.56 Å². The first-order valence-corrected chi connectivity index (χ1v) is 6.28. The van der Waals surface area contributed by atoms with Crippen molar-refractivity contribution in [3.05, 3.63) is 29.8 Å². The highest BCUT2D eigenvalue weighted by atomic mass is 31.2. The van der Waals surface area contributed by atoms with E-state index in [9.17, 15) is 4.89 Å². The van der Waals surface area contributed by atoms with Crippen molar-refractivity contribution in [3.8, 4) is 0 Å². The van der Waals surface area contributed by atoms with Crippen molar-refractivity contribution in [2.24, 2.45) is 0 Å². The molecule has 0 saturated carbocycles. The second kappa shape index (κ2) is 2.92. The normalized spacial score (nSPS) is 11.6. The average molecular weight is 169 g/mol. The first-order chi connectivity index (χ1) is 5.00. The number of rotatable bonds is 1. The largest absolute Gasteiger partial charge is 0.247 e. The van der Waals surface area contributed by atoms with Crippen molar-refractivity contribution in [3.63, 3.8) is 0 Å². The van der Waals surface area contributed by atoms with Crippen LogP contribution in [0.4, 0.5) is 0 Å². The van der Waals surface area contributed by atoms with Gasteiger partial charge in [0.05, 0.1) is 13.3 Å². The van der Waals surface area contributed by atoms with E-state index >= 15 is 0 Å². The van der Waals surface area contributed by atoms with Gasteiger partial charge in [-0.15, -0.1) is 0 Å². The molecule has 1 aromatic rings. The summed E-state index contributed by atoms with van der Waals surface area (Å²) in [6.45, 7) is 5.85. The second-order valence-electron chi connectivity index (χ2n) is 3.23. The molecular weight excluding hydrogens is 155 g/mol. The van der Waals surface area contributed by atoms with E-state index in [4.69, 9.17) is 0 Å². The van der Waals surface area contributed by atoms with Gasteiger partial charge in [0.15, 0.2) is 7.49 Å². The maximum Gasteiger partial charge on any atom is 0.168 e. The van der Waals surface area contributed by atoms with E-state index in [-0.39, 0.29) is 0 Å². The molecule has 60 valence electrons. The highest BCUT2D eigenvalue weighted by Crippen LogP contribution is 2.44. The molecule has 0 atom stereocenters. The summed E-state index contributed by atoms with van der Waals surface area (Å²) in [6.07, 6.45) is 0. The molecule has 0 bridgehead atoms. The van der Waals surface area contributed by atoms with Crippen molar-refractivity contribution in [1.29, 1.82) is 0 Å². The average Bonchev–Trinajstić information content (AvgIpc) is 1.86. The van der Waals surface area contributed by atoms with Crippen LogP contribution in [0.3, 0.4) is 0 Å². The molecule has 0 heterocycles. The van der Waals surface area contributed by atoms with E-state index in [2.05, 4.69) is 0 Å². The molecule has 0 fully saturated rings. The number of hydrogen-bond donors (Lipinski definition) is 1. The molecule has 0 aliphatic heterocycles. The Hall–Kier alpha value is -0.390. The zero-order valence-electron chi connectivity index (χ0n) is 7.20. The summed E-state index contributed by atoms with van der Waals surface area (Å²) in [6, 6.07) is 8.07. The summed E-state index contributed by atoms with van der Waals surface area (Å²) in [7, 11) is -1.80. The molecule has 2 heteroatoms. The van der Waals surface area contributed by atoms with Crippen LogP contribution in [-0.4, -0.2) is 18.2 Å². The lowest BCUT2D eigenvalue weighted by Gasteiger charge is -2.08. The van der Waals surface area contributed by atoms with Crippen LogP contribution in [-0.2, 0) is 0 Å². The monoisotopic (exact) mass is 169 g/mol. The topological polar surface area (TPSA) is 20.2 Å². The third-order valence-corrected chi connectivity index (χ3v) is 3.18. The standard InChI is InChI=1S/C9H14OP/c1-8-5-4-6-9(7-8)11(2,3)10/h4-7,10H,1-3H3/q+1. The molecular formula is C9H14OP+. The van der Waals surface area contributed by atoms with Crippen molar-refractivity contribution >= 4 is 12.8 Å². The third-order valence-electron chi connectivity index (χ3n) is 1.63. The van der Waals surface area contributed by atoms with E-state index in [1.807, 2.05) is 44.5 Å². The molecule has 0 radical (unpaired) electrons. The van der Waals surface area contributed by atoms with Crippen molar-refractivity contribution in [2.45, 2.75) is 6.92 Å². The Morgan fingerprint density at radius 3 is 2.27 bits per heavy atom. The van der Waals surface area contributed by atoms with E-state index < -0.39 is 7.49 Å². The predicted molar refractivity (Wildman–Crippen MR) is 51.8 cm³/mol. The van der Waals surface area contributed by atoms with Gasteiger partial charge in [0.1, 0.15) is 5.30 Å². The smallest absolute Gasteiger partial charge is 0.168 e. The molecule has 0 aromatic heterocycles. The fourth-order valence-electron chi connectivity index (χ4n) is 0.968. The minimum Gasteiger partial charge on any atom is -0.247 e. The molecule has 1 nitrogen and oxygen atoms in total. The van der Waals surface area contributed by atoms with Gasteiger partial charge in [0.2, 0.25) is 0 Å². The van der Waals surface area contributed by atoms with E-state index in [1.165, 1.54) is 5.56 Å². The molecule has 0 aliphatic rings. The van der Waals surface area contributed by atoms with E-state index in [1.54, 1.807) is 0 Å². The van der Waals surface area contributed by atoms with E-state index in [0.717, 1.165) is 5.30 Å². The summed E-state index contributed by atoms with van der Waals surface area (Å²) >= 11 is 0. The predicted octanol–water partition coefficient (Wildman–Crippen LogP) is 1.80. The summed E-state index contributed by atoms with van der Waals surface area (Å²) in [5, 5.41) is 1.08. The Balaban J connectivity index is 3.06. The van der Waals surface area contributed by atoms with Crippen LogP contribution >= 0.6 is 7.49 Å². The van der Waals surface area contributed by atoms with Gasteiger partial charge < -0.3 is 0 Å². The highest BCUT2D eigenvalue weighted by molar-refractivity contribution is 7.76. The fourth-order valence-corrected chi connectivity index (χ4v) is 1.94. The van der Waals surface area contributed by atoms with Crippen LogP contribution in [0, 0.1) is 6.92 Å². The Morgan fingerprint density at radius 2 is 1.91 bits per heavy atom. The Kier molecular flexibility index (Phi) is 2.31. The van der Waals surface area contributed by atoms with Crippen LogP contribution in [0.25, 0.3) is 0 Å². The molecule has 0 aliphatic carbocycles. The zero-order chi connectivity index (χ0) is 8.48. The second-order valence-corrected chi connectivity index (χ2v) is 6.54. The van der Waals surface area contributed by atoms with Crippen LogP contribution in [0.2, 0.25) is 0 Å². The molecule has 0 unspecified atom stereocenters. The first kappa shape index (κ1) is 8.70. The van der Waals surface area contributed by atoms with Crippen LogP contribution in [0.5, 0.6) is 0 Å². The molecule has 0 amide bonds. The molecule has 0 spiro atoms. The molecule has 1 rings (SSSR count). The third kappa shape index (κ3) is 2.28. The maximum absolute atomic E-state index is 9.72. The Morgan fingerprint density at radius 1 is 1.27 bits per heavy atom. The summed E-state index contributed by atoms with van der Waals surface area (Å²) in [5.74, 6) is 0. The quantitative estimate of drug-likeness (QED) is 0.635. The number of hydrogen-bond acceptors (Lipinski definition) is 1. The summed E-state index contributed by atoms with van der Waals surface area (Å²) in [4.78, 5) is 9.72. The zero-order valence-corrected chi connectivity index (χ0v) is 8.10. The Bertz CT molecular complexity index is 250. The first-order valence-electron chi connectivity index (χ1n) is 3.64. The lowest BCUT2D eigenvalue weighted by Crippen LogP contribution is -2.07. The van der Waals surface area contributed by atoms with Gasteiger partial charge in [-0.3, -0.25) is 0 Å². The van der Waals surface area contributed by atoms with Gasteiger partial charge >= 0.3 is 0 Å². The molecule has 0 saturated heterocycles. The van der Waals surface area contributed by atoms with Crippen molar-refractivity contribution in [2.75, 3.05) is 13.3 Å². The molecule has 1 N–H and O–H groups in total. The number of aryl methyl sites for hydroxylation is 1. The van der Waals surface area contributed by atoms with Crippen LogP contribution in [0.15, 0.2) is 24.3 Å².